The second-order valence-electron chi connectivity index (χ2n) is 4.55. The third-order valence-electron chi connectivity index (χ3n) is 2.77. The molecule has 0 radical (unpaired) electrons. The van der Waals surface area contributed by atoms with Crippen LogP contribution in [0.5, 0.6) is 0 Å². The quantitative estimate of drug-likeness (QED) is 0.913. The van der Waals surface area contributed by atoms with Gasteiger partial charge in [-0.1, -0.05) is 13.8 Å². The maximum absolute atomic E-state index is 12.0. The number of hydrogen-bond donors (Lipinski definition) is 1. The summed E-state index contributed by atoms with van der Waals surface area (Å²) in [6, 6.07) is 3.28. The molecular weight excluding hydrogens is 312 g/mol. The summed E-state index contributed by atoms with van der Waals surface area (Å²) in [6.45, 7) is 4.66. The number of furan rings is 1. The Bertz CT molecular complexity index is 536. The van der Waals surface area contributed by atoms with Crippen LogP contribution >= 0.6 is 15.9 Å². The van der Waals surface area contributed by atoms with Gasteiger partial charge in [-0.05, 0) is 34.0 Å². The van der Waals surface area contributed by atoms with Crippen molar-refractivity contribution >= 4 is 21.8 Å². The lowest BCUT2D eigenvalue weighted by Gasteiger charge is -2.21. The molecule has 2 aromatic heterocycles. The standard InChI is InChI=1S/C12H15BrN4O2/c1-8(2)9(5-17-7-14-6-15-17)16-12(18)10-3-4-11(13)19-10/h3-4,6-9H,5H2,1-2H3,(H,16,18). The fraction of sp³-hybridized carbons (Fsp3) is 0.417. The van der Waals surface area contributed by atoms with E-state index in [0.717, 1.165) is 0 Å². The highest BCUT2D eigenvalue weighted by Crippen LogP contribution is 2.14. The molecule has 19 heavy (non-hydrogen) atoms. The van der Waals surface area contributed by atoms with Crippen molar-refractivity contribution in [3.05, 3.63) is 35.2 Å². The minimum Gasteiger partial charge on any atom is -0.444 e. The molecule has 0 aromatic carbocycles. The molecule has 1 amide bonds. The molecule has 0 saturated carbocycles. The van der Waals surface area contributed by atoms with Crippen molar-refractivity contribution in [1.29, 1.82) is 0 Å². The Morgan fingerprint density at radius 2 is 2.32 bits per heavy atom. The fourth-order valence-electron chi connectivity index (χ4n) is 1.63. The average molecular weight is 327 g/mol. The van der Waals surface area contributed by atoms with E-state index in [1.54, 1.807) is 23.1 Å². The molecule has 1 atom stereocenters. The molecule has 7 heteroatoms. The maximum atomic E-state index is 12.0. The van der Waals surface area contributed by atoms with Crippen molar-refractivity contribution in [2.45, 2.75) is 26.4 Å². The highest BCUT2D eigenvalue weighted by Gasteiger charge is 2.19. The third-order valence-corrected chi connectivity index (χ3v) is 3.19. The first-order chi connectivity index (χ1) is 9.06. The van der Waals surface area contributed by atoms with Crippen molar-refractivity contribution in [1.82, 2.24) is 20.1 Å². The van der Waals surface area contributed by atoms with Crippen LogP contribution in [0.1, 0.15) is 24.4 Å². The smallest absolute Gasteiger partial charge is 0.287 e. The Morgan fingerprint density at radius 3 is 2.84 bits per heavy atom. The number of carbonyl (C=O) groups excluding carboxylic acids is 1. The molecule has 1 unspecified atom stereocenters. The summed E-state index contributed by atoms with van der Waals surface area (Å²) in [5.74, 6) is 0.326. The molecule has 2 heterocycles. The van der Waals surface area contributed by atoms with Crippen LogP contribution in [0.2, 0.25) is 0 Å². The van der Waals surface area contributed by atoms with Crippen molar-refractivity contribution in [2.75, 3.05) is 0 Å². The van der Waals surface area contributed by atoms with Crippen LogP contribution in [0.15, 0.2) is 33.9 Å². The number of hydrogen-bond acceptors (Lipinski definition) is 4. The van der Waals surface area contributed by atoms with Gasteiger partial charge in [-0.25, -0.2) is 4.98 Å². The molecule has 0 fully saturated rings. The van der Waals surface area contributed by atoms with Gasteiger partial charge < -0.3 is 9.73 Å². The van der Waals surface area contributed by atoms with Crippen LogP contribution < -0.4 is 5.32 Å². The highest BCUT2D eigenvalue weighted by atomic mass is 79.9. The third kappa shape index (κ3) is 3.66. The summed E-state index contributed by atoms with van der Waals surface area (Å²) in [6.07, 6.45) is 3.11. The summed E-state index contributed by atoms with van der Waals surface area (Å²) in [5, 5.41) is 6.99. The van der Waals surface area contributed by atoms with Crippen molar-refractivity contribution in [3.63, 3.8) is 0 Å². The first-order valence-electron chi connectivity index (χ1n) is 5.95. The van der Waals surface area contributed by atoms with Gasteiger partial charge in [-0.15, -0.1) is 0 Å². The molecule has 0 saturated heterocycles. The second kappa shape index (κ2) is 6.01. The number of rotatable bonds is 5. The molecule has 0 spiro atoms. The lowest BCUT2D eigenvalue weighted by molar-refractivity contribution is 0.0890. The molecule has 1 N–H and O–H groups in total. The van der Waals surface area contributed by atoms with Gasteiger partial charge in [0, 0.05) is 0 Å². The number of carbonyl (C=O) groups is 1. The summed E-state index contributed by atoms with van der Waals surface area (Å²) in [7, 11) is 0. The molecule has 0 aliphatic heterocycles. The average Bonchev–Trinajstić information content (AvgIpc) is 2.99. The van der Waals surface area contributed by atoms with E-state index in [-0.39, 0.29) is 23.6 Å². The molecule has 102 valence electrons. The largest absolute Gasteiger partial charge is 0.444 e. The van der Waals surface area contributed by atoms with E-state index in [4.69, 9.17) is 4.42 Å². The van der Waals surface area contributed by atoms with E-state index in [2.05, 4.69) is 31.3 Å². The maximum Gasteiger partial charge on any atom is 0.287 e. The molecule has 0 aliphatic carbocycles. The molecule has 2 aromatic rings. The van der Waals surface area contributed by atoms with Gasteiger partial charge in [-0.2, -0.15) is 5.10 Å². The van der Waals surface area contributed by atoms with Crippen LogP contribution in [-0.2, 0) is 6.54 Å². The van der Waals surface area contributed by atoms with Crippen LogP contribution in [0, 0.1) is 5.92 Å². The van der Waals surface area contributed by atoms with Gasteiger partial charge in [0.25, 0.3) is 5.91 Å². The van der Waals surface area contributed by atoms with Crippen LogP contribution in [0.25, 0.3) is 0 Å². The monoisotopic (exact) mass is 326 g/mol. The lowest BCUT2D eigenvalue weighted by Crippen LogP contribution is -2.41. The summed E-state index contributed by atoms with van der Waals surface area (Å²) < 4.78 is 7.47. The molecule has 0 bridgehead atoms. The fourth-order valence-corrected chi connectivity index (χ4v) is 1.93. The van der Waals surface area contributed by atoms with Crippen LogP contribution in [0.3, 0.4) is 0 Å². The number of nitrogens with zero attached hydrogens (tertiary/aromatic N) is 3. The van der Waals surface area contributed by atoms with Crippen LogP contribution in [0.4, 0.5) is 0 Å². The number of amides is 1. The molecule has 2 rings (SSSR count). The Balaban J connectivity index is 2.02. The lowest BCUT2D eigenvalue weighted by atomic mass is 10.0. The summed E-state index contributed by atoms with van der Waals surface area (Å²) in [5.41, 5.74) is 0. The van der Waals surface area contributed by atoms with Gasteiger partial charge >= 0.3 is 0 Å². The van der Waals surface area contributed by atoms with E-state index in [1.807, 2.05) is 13.8 Å². The van der Waals surface area contributed by atoms with E-state index in [9.17, 15) is 4.79 Å². The Labute approximate surface area is 119 Å². The zero-order chi connectivity index (χ0) is 13.8. The molecule has 0 aliphatic rings. The first-order valence-corrected chi connectivity index (χ1v) is 6.74. The Hall–Kier alpha value is -1.63. The van der Waals surface area contributed by atoms with Gasteiger partial charge in [0.1, 0.15) is 12.7 Å². The minimum absolute atomic E-state index is 0.0434. The topological polar surface area (TPSA) is 73.0 Å². The van der Waals surface area contributed by atoms with E-state index >= 15 is 0 Å². The summed E-state index contributed by atoms with van der Waals surface area (Å²) in [4.78, 5) is 15.9. The van der Waals surface area contributed by atoms with Gasteiger partial charge in [-0.3, -0.25) is 9.48 Å². The van der Waals surface area contributed by atoms with Crippen molar-refractivity contribution < 1.29 is 9.21 Å². The number of halogens is 1. The predicted octanol–water partition coefficient (Wildman–Crippen LogP) is 2.09. The predicted molar refractivity (Wildman–Crippen MR) is 72.5 cm³/mol. The van der Waals surface area contributed by atoms with Gasteiger partial charge in [0.15, 0.2) is 10.4 Å². The van der Waals surface area contributed by atoms with Crippen LogP contribution in [-0.4, -0.2) is 26.7 Å². The summed E-state index contributed by atoms with van der Waals surface area (Å²) >= 11 is 3.18. The second-order valence-corrected chi connectivity index (χ2v) is 5.33. The normalized spacial score (nSPS) is 12.6. The number of aromatic nitrogens is 3. The first kappa shape index (κ1) is 13.8. The Kier molecular flexibility index (Phi) is 4.36. The Morgan fingerprint density at radius 1 is 1.53 bits per heavy atom. The van der Waals surface area contributed by atoms with E-state index < -0.39 is 0 Å². The minimum atomic E-state index is -0.232. The molecular formula is C12H15BrN4O2. The van der Waals surface area contributed by atoms with Crippen molar-refractivity contribution in [2.24, 2.45) is 5.92 Å². The van der Waals surface area contributed by atoms with E-state index in [0.29, 0.717) is 11.2 Å². The van der Waals surface area contributed by atoms with Crippen molar-refractivity contribution in [3.8, 4) is 0 Å². The SMILES string of the molecule is CC(C)C(Cn1cncn1)NC(=O)c1ccc(Br)o1. The molecule has 6 nitrogen and oxygen atoms in total. The zero-order valence-corrected chi connectivity index (χ0v) is 12.3. The van der Waals surface area contributed by atoms with Gasteiger partial charge in [0.05, 0.1) is 12.6 Å². The number of nitrogens with one attached hydrogen (secondary N) is 1. The zero-order valence-electron chi connectivity index (χ0n) is 10.7. The van der Waals surface area contributed by atoms with E-state index in [1.165, 1.54) is 6.33 Å². The van der Waals surface area contributed by atoms with Gasteiger partial charge in [0.2, 0.25) is 0 Å². The highest BCUT2D eigenvalue weighted by molar-refractivity contribution is 9.10.